The lowest BCUT2D eigenvalue weighted by Crippen LogP contribution is -1.83. The van der Waals surface area contributed by atoms with E-state index in [9.17, 15) is 0 Å². The normalized spacial score (nSPS) is 11.1. The monoisotopic (exact) mass is 206 g/mol. The van der Waals surface area contributed by atoms with Crippen molar-refractivity contribution in [3.8, 4) is 0 Å². The summed E-state index contributed by atoms with van der Waals surface area (Å²) in [4.78, 5) is 0. The van der Waals surface area contributed by atoms with Gasteiger partial charge in [0.2, 0.25) is 0 Å². The van der Waals surface area contributed by atoms with Gasteiger partial charge in [-0.3, -0.25) is 0 Å². The lowest BCUT2D eigenvalue weighted by Gasteiger charge is -2.06. The summed E-state index contributed by atoms with van der Waals surface area (Å²) in [5, 5.41) is 5.39. The minimum absolute atomic E-state index is 1.09. The molecule has 78 valence electrons. The molecule has 3 aromatic rings. The molecule has 0 N–H and O–H groups in total. The maximum atomic E-state index is 2.31. The van der Waals surface area contributed by atoms with E-state index >= 15 is 0 Å². The molecule has 0 aromatic heterocycles. The molecular formula is C16H14. The predicted octanol–water partition coefficient (Wildman–Crippen LogP) is 4.56. The third-order valence-electron chi connectivity index (χ3n) is 3.22. The highest BCUT2D eigenvalue weighted by Crippen LogP contribution is 2.25. The summed E-state index contributed by atoms with van der Waals surface area (Å²) < 4.78 is 0. The van der Waals surface area contributed by atoms with Gasteiger partial charge in [0.25, 0.3) is 0 Å². The fourth-order valence-electron chi connectivity index (χ4n) is 2.34. The molecule has 0 aliphatic carbocycles. The van der Waals surface area contributed by atoms with Gasteiger partial charge in [-0.25, -0.2) is 0 Å². The highest BCUT2D eigenvalue weighted by Gasteiger charge is 2.00. The SMILES string of the molecule is CCc1cccc2cc3ccccc3cc12. The second-order valence-corrected chi connectivity index (χ2v) is 4.19. The predicted molar refractivity (Wildman–Crippen MR) is 70.8 cm³/mol. The topological polar surface area (TPSA) is 0 Å². The third-order valence-corrected chi connectivity index (χ3v) is 3.22. The van der Waals surface area contributed by atoms with E-state index in [4.69, 9.17) is 0 Å². The van der Waals surface area contributed by atoms with Crippen molar-refractivity contribution < 1.29 is 0 Å². The summed E-state index contributed by atoms with van der Waals surface area (Å²) in [6, 6.07) is 19.7. The number of fused-ring (bicyclic) bond motifs is 2. The van der Waals surface area contributed by atoms with Gasteiger partial charge >= 0.3 is 0 Å². The first kappa shape index (κ1) is 9.41. The average molecular weight is 206 g/mol. The fourth-order valence-corrected chi connectivity index (χ4v) is 2.34. The van der Waals surface area contributed by atoms with Crippen LogP contribution in [0.1, 0.15) is 12.5 Å². The summed E-state index contributed by atoms with van der Waals surface area (Å²) in [6.07, 6.45) is 1.09. The van der Waals surface area contributed by atoms with Crippen LogP contribution in [0.5, 0.6) is 0 Å². The highest BCUT2D eigenvalue weighted by atomic mass is 14.0. The molecule has 0 saturated carbocycles. The van der Waals surface area contributed by atoms with Crippen LogP contribution in [0.15, 0.2) is 54.6 Å². The van der Waals surface area contributed by atoms with Crippen LogP contribution in [-0.2, 0) is 6.42 Å². The molecule has 0 unspecified atom stereocenters. The van der Waals surface area contributed by atoms with Crippen LogP contribution in [0, 0.1) is 0 Å². The van der Waals surface area contributed by atoms with Gasteiger partial charge in [0.1, 0.15) is 0 Å². The van der Waals surface area contributed by atoms with Crippen molar-refractivity contribution in [1.82, 2.24) is 0 Å². The van der Waals surface area contributed by atoms with E-state index in [1.54, 1.807) is 0 Å². The number of rotatable bonds is 1. The Morgan fingerprint density at radius 2 is 1.44 bits per heavy atom. The summed E-state index contributed by atoms with van der Waals surface area (Å²) >= 11 is 0. The van der Waals surface area contributed by atoms with E-state index in [0.717, 1.165) is 6.42 Å². The molecule has 0 fully saturated rings. The molecule has 0 heterocycles. The van der Waals surface area contributed by atoms with Crippen LogP contribution >= 0.6 is 0 Å². The Morgan fingerprint density at radius 1 is 0.750 bits per heavy atom. The van der Waals surface area contributed by atoms with Crippen molar-refractivity contribution in [3.63, 3.8) is 0 Å². The van der Waals surface area contributed by atoms with Gasteiger partial charge in [-0.2, -0.15) is 0 Å². The van der Waals surface area contributed by atoms with Gasteiger partial charge in [-0.1, -0.05) is 49.4 Å². The average Bonchev–Trinajstić information content (AvgIpc) is 2.35. The molecule has 0 amide bonds. The molecule has 3 rings (SSSR count). The Balaban J connectivity index is 2.46. The number of hydrogen-bond donors (Lipinski definition) is 0. The zero-order valence-electron chi connectivity index (χ0n) is 9.40. The molecule has 16 heavy (non-hydrogen) atoms. The van der Waals surface area contributed by atoms with E-state index < -0.39 is 0 Å². The van der Waals surface area contributed by atoms with Gasteiger partial charge in [0, 0.05) is 0 Å². The first-order valence-electron chi connectivity index (χ1n) is 5.79. The van der Waals surface area contributed by atoms with Crippen LogP contribution in [0.3, 0.4) is 0 Å². The molecule has 0 aliphatic rings. The summed E-state index contributed by atoms with van der Waals surface area (Å²) in [5.41, 5.74) is 1.43. The van der Waals surface area contributed by atoms with Gasteiger partial charge in [-0.05, 0) is 45.7 Å². The summed E-state index contributed by atoms with van der Waals surface area (Å²) in [6.45, 7) is 2.21. The number of benzene rings is 3. The molecular weight excluding hydrogens is 192 g/mol. The maximum absolute atomic E-state index is 2.31. The fraction of sp³-hybridized carbons (Fsp3) is 0.125. The molecule has 0 heteroatoms. The molecule has 0 saturated heterocycles. The molecule has 0 bridgehead atoms. The van der Waals surface area contributed by atoms with Crippen molar-refractivity contribution in [2.24, 2.45) is 0 Å². The molecule has 0 aliphatic heterocycles. The molecule has 0 nitrogen and oxygen atoms in total. The quantitative estimate of drug-likeness (QED) is 0.512. The second kappa shape index (κ2) is 3.64. The molecule has 0 atom stereocenters. The second-order valence-electron chi connectivity index (χ2n) is 4.19. The Kier molecular flexibility index (Phi) is 2.14. The Hall–Kier alpha value is -1.82. The first-order chi connectivity index (χ1) is 7.88. The third kappa shape index (κ3) is 1.38. The van der Waals surface area contributed by atoms with Crippen LogP contribution in [0.25, 0.3) is 21.5 Å². The van der Waals surface area contributed by atoms with E-state index in [1.165, 1.54) is 27.1 Å². The standard InChI is InChI=1S/C16H14/c1-2-12-8-5-9-15-10-13-6-3-4-7-14(13)11-16(12)15/h3-11H,2H2,1H3. The Labute approximate surface area is 95.5 Å². The van der Waals surface area contributed by atoms with Crippen molar-refractivity contribution in [3.05, 3.63) is 60.2 Å². The van der Waals surface area contributed by atoms with Gasteiger partial charge < -0.3 is 0 Å². The molecule has 0 spiro atoms. The van der Waals surface area contributed by atoms with Crippen LogP contribution < -0.4 is 0 Å². The van der Waals surface area contributed by atoms with Crippen LogP contribution in [0.2, 0.25) is 0 Å². The number of hydrogen-bond acceptors (Lipinski definition) is 0. The largest absolute Gasteiger partial charge is 0.0616 e. The minimum Gasteiger partial charge on any atom is -0.0616 e. The zero-order valence-corrected chi connectivity index (χ0v) is 9.40. The molecule has 3 aromatic carbocycles. The molecule has 0 radical (unpaired) electrons. The lowest BCUT2D eigenvalue weighted by atomic mass is 9.99. The van der Waals surface area contributed by atoms with Gasteiger partial charge in [0.05, 0.1) is 0 Å². The Bertz CT molecular complexity index is 650. The van der Waals surface area contributed by atoms with Crippen molar-refractivity contribution in [2.75, 3.05) is 0 Å². The van der Waals surface area contributed by atoms with Gasteiger partial charge in [-0.15, -0.1) is 0 Å². The van der Waals surface area contributed by atoms with Crippen molar-refractivity contribution in [1.29, 1.82) is 0 Å². The van der Waals surface area contributed by atoms with E-state index in [2.05, 4.69) is 61.5 Å². The zero-order chi connectivity index (χ0) is 11.0. The van der Waals surface area contributed by atoms with Crippen molar-refractivity contribution >= 4 is 21.5 Å². The first-order valence-corrected chi connectivity index (χ1v) is 5.79. The van der Waals surface area contributed by atoms with Crippen LogP contribution in [-0.4, -0.2) is 0 Å². The van der Waals surface area contributed by atoms with E-state index in [0.29, 0.717) is 0 Å². The van der Waals surface area contributed by atoms with E-state index in [1.807, 2.05) is 0 Å². The summed E-state index contributed by atoms with van der Waals surface area (Å²) in [7, 11) is 0. The van der Waals surface area contributed by atoms with Crippen LogP contribution in [0.4, 0.5) is 0 Å². The van der Waals surface area contributed by atoms with Gasteiger partial charge in [0.15, 0.2) is 0 Å². The number of aryl methyl sites for hydroxylation is 1. The highest BCUT2D eigenvalue weighted by molar-refractivity contribution is 5.99. The van der Waals surface area contributed by atoms with E-state index in [-0.39, 0.29) is 0 Å². The van der Waals surface area contributed by atoms with Crippen molar-refractivity contribution in [2.45, 2.75) is 13.3 Å². The smallest absolute Gasteiger partial charge is 0.0146 e. The summed E-state index contributed by atoms with van der Waals surface area (Å²) in [5.74, 6) is 0. The maximum Gasteiger partial charge on any atom is -0.0146 e. The lowest BCUT2D eigenvalue weighted by molar-refractivity contribution is 1.16. The Morgan fingerprint density at radius 3 is 2.19 bits per heavy atom. The minimum atomic E-state index is 1.09.